The lowest BCUT2D eigenvalue weighted by Gasteiger charge is -2.50. The van der Waals surface area contributed by atoms with E-state index in [0.717, 1.165) is 33.2 Å². The van der Waals surface area contributed by atoms with Crippen LogP contribution in [0.25, 0.3) is 0 Å². The van der Waals surface area contributed by atoms with E-state index in [2.05, 4.69) is 41.0 Å². The third-order valence-electron chi connectivity index (χ3n) is 4.88. The van der Waals surface area contributed by atoms with E-state index in [1.807, 2.05) is 5.41 Å². The number of hydrogen-bond donors (Lipinski definition) is 2. The Kier molecular flexibility index (Phi) is 8.79. The van der Waals surface area contributed by atoms with Gasteiger partial charge < -0.3 is 30.3 Å². The summed E-state index contributed by atoms with van der Waals surface area (Å²) in [5.74, 6) is -1.53. The number of oxime groups is 1. The molecule has 3 heterocycles. The number of aliphatic carboxylic acids is 1. The predicted molar refractivity (Wildman–Crippen MR) is 134 cm³/mol. The number of β-lactam (4-membered cyclic amide) rings is 1. The molecule has 15 heteroatoms. The Morgan fingerprint density at radius 2 is 2.17 bits per heavy atom. The molecular weight excluding hydrogens is 514 g/mol. The lowest BCUT2D eigenvalue weighted by atomic mass is 10.0. The highest BCUT2D eigenvalue weighted by molar-refractivity contribution is 8.02. The van der Waals surface area contributed by atoms with Gasteiger partial charge in [-0.05, 0) is 24.0 Å². The molecule has 0 radical (unpaired) electrons. The van der Waals surface area contributed by atoms with Gasteiger partial charge in [-0.3, -0.25) is 14.5 Å². The molecule has 3 N–H and O–H groups in total. The fraction of sp³-hybridized carbons (Fsp3) is 0.500. The van der Waals surface area contributed by atoms with Crippen LogP contribution in [0, 0.1) is 0 Å². The number of thioether (sulfide) groups is 2. The number of carboxylic acid groups (broad SMARTS) is 1. The summed E-state index contributed by atoms with van der Waals surface area (Å²) in [6.07, 6.45) is 1.71. The number of rotatable bonds is 11. The van der Waals surface area contributed by atoms with Crippen LogP contribution in [0.2, 0.25) is 0 Å². The number of aromatic nitrogens is 2. The minimum absolute atomic E-state index is 0.0242. The van der Waals surface area contributed by atoms with Crippen molar-refractivity contribution in [3.8, 4) is 0 Å². The first-order chi connectivity index (χ1) is 16.5. The topological polar surface area (TPSA) is 163 Å². The van der Waals surface area contributed by atoms with Gasteiger partial charge in [0, 0.05) is 23.0 Å². The zero-order chi connectivity index (χ0) is 25.8. The van der Waals surface area contributed by atoms with Gasteiger partial charge >= 0.3 is 0 Å². The number of anilines is 1. The normalized spacial score (nSPS) is 20.6. The van der Waals surface area contributed by atoms with Gasteiger partial charge in [0.1, 0.15) is 18.0 Å². The summed E-state index contributed by atoms with van der Waals surface area (Å²) in [6, 6.07) is -0.950. The second-order valence-electron chi connectivity index (χ2n) is 8.52. The summed E-state index contributed by atoms with van der Waals surface area (Å²) in [5.41, 5.74) is 5.69. The Morgan fingerprint density at radius 3 is 2.77 bits per heavy atom. The van der Waals surface area contributed by atoms with Crippen LogP contribution in [0.3, 0.4) is 0 Å². The Morgan fingerprint density at radius 1 is 1.43 bits per heavy atom. The van der Waals surface area contributed by atoms with Gasteiger partial charge in [0.2, 0.25) is 11.5 Å². The number of allylic oxidation sites excluding steroid dienone is 1. The molecule has 1 fully saturated rings. The molecule has 2 amide bonds. The van der Waals surface area contributed by atoms with Crippen molar-refractivity contribution in [2.45, 2.75) is 18.3 Å². The third-order valence-corrected chi connectivity index (χ3v) is 7.47. The molecular formula is C20H27N7O5S3. The van der Waals surface area contributed by atoms with E-state index in [9.17, 15) is 19.5 Å². The van der Waals surface area contributed by atoms with Crippen molar-refractivity contribution in [3.05, 3.63) is 28.6 Å². The van der Waals surface area contributed by atoms with E-state index in [0.29, 0.717) is 11.3 Å². The molecule has 1 saturated heterocycles. The molecule has 0 bridgehead atoms. The molecule has 1 aromatic rings. The summed E-state index contributed by atoms with van der Waals surface area (Å²) in [5, 5.41) is 19.6. The largest absolute Gasteiger partial charge is 0.543 e. The number of amides is 2. The lowest BCUT2D eigenvalue weighted by Crippen LogP contribution is -2.71. The highest BCUT2D eigenvalue weighted by Gasteiger charge is 2.53. The molecule has 190 valence electrons. The summed E-state index contributed by atoms with van der Waals surface area (Å²) >= 11 is 3.81. The monoisotopic (exact) mass is 541 g/mol. The van der Waals surface area contributed by atoms with Crippen molar-refractivity contribution in [3.63, 3.8) is 0 Å². The number of hydrogen-bond acceptors (Lipinski definition) is 12. The smallest absolute Gasteiger partial charge is 0.278 e. The highest BCUT2D eigenvalue weighted by Crippen LogP contribution is 2.40. The van der Waals surface area contributed by atoms with Crippen molar-refractivity contribution < 1.29 is 28.8 Å². The number of nitrogens with two attached hydrogens (primary N) is 1. The molecule has 1 aromatic heterocycles. The lowest BCUT2D eigenvalue weighted by molar-refractivity contribution is -0.867. The van der Waals surface area contributed by atoms with Crippen LogP contribution in [0.5, 0.6) is 0 Å². The summed E-state index contributed by atoms with van der Waals surface area (Å²) in [7, 11) is 6.29. The number of quaternary nitrogens is 1. The number of nitrogens with zero attached hydrogens (tertiary/aromatic N) is 5. The summed E-state index contributed by atoms with van der Waals surface area (Å²) < 4.78 is 4.79. The van der Waals surface area contributed by atoms with E-state index in [1.165, 1.54) is 11.8 Å². The SMILES string of the molecule is CCON=C(C(=O)NC1C(=O)N2C(C(=O)[O-])=C(C=CSCC[N+](C)(C)C)CS[C@H]12)c1nsc(N)n1. The van der Waals surface area contributed by atoms with Crippen molar-refractivity contribution >= 4 is 63.7 Å². The van der Waals surface area contributed by atoms with E-state index >= 15 is 0 Å². The number of carbonyl (C=O) groups excluding carboxylic acids is 3. The number of nitrogen functional groups attached to an aromatic ring is 1. The fourth-order valence-corrected chi connectivity index (χ4v) is 5.94. The minimum atomic E-state index is -1.44. The summed E-state index contributed by atoms with van der Waals surface area (Å²) in [6.45, 7) is 2.84. The molecule has 2 atom stereocenters. The molecule has 1 unspecified atom stereocenters. The van der Waals surface area contributed by atoms with E-state index in [1.54, 1.807) is 24.8 Å². The first-order valence-electron chi connectivity index (χ1n) is 10.6. The number of carboxylic acids is 1. The predicted octanol–water partition coefficient (Wildman–Crippen LogP) is -0.782. The van der Waals surface area contributed by atoms with Gasteiger partial charge in [0.05, 0.1) is 39.4 Å². The zero-order valence-electron chi connectivity index (χ0n) is 19.7. The van der Waals surface area contributed by atoms with Crippen LogP contribution in [0.15, 0.2) is 27.9 Å². The molecule has 0 aromatic carbocycles. The standard InChI is InChI=1S/C20H27N7O5S3/c1-5-32-24-12(15-23-20(21)35-25-15)16(28)22-13-17(29)26-14(19(30)31)11(10-34-18(13)26)6-8-33-9-7-27(2,3)4/h6,8,13,18H,5,7,9-10H2,1-4H3,(H3-,21,22,23,25,28,30,31)/t13?,18-/m1/s1. The van der Waals surface area contributed by atoms with Crippen molar-refractivity contribution in [1.29, 1.82) is 0 Å². The minimum Gasteiger partial charge on any atom is -0.543 e. The first-order valence-corrected chi connectivity index (χ1v) is 13.5. The van der Waals surface area contributed by atoms with Crippen LogP contribution in [0.1, 0.15) is 12.7 Å². The van der Waals surface area contributed by atoms with Crippen LogP contribution in [-0.2, 0) is 19.2 Å². The van der Waals surface area contributed by atoms with Gasteiger partial charge in [0.15, 0.2) is 5.13 Å². The average Bonchev–Trinajstić information content (AvgIpc) is 3.21. The van der Waals surface area contributed by atoms with E-state index < -0.39 is 29.2 Å². The molecule has 2 aliphatic heterocycles. The Bertz CT molecular complexity index is 1080. The zero-order valence-corrected chi connectivity index (χ0v) is 22.2. The molecule has 2 aliphatic rings. The van der Waals surface area contributed by atoms with Crippen LogP contribution < -0.4 is 16.2 Å². The quantitative estimate of drug-likeness (QED) is 0.119. The molecule has 12 nitrogen and oxygen atoms in total. The Labute approximate surface area is 215 Å². The second kappa shape index (κ2) is 11.4. The van der Waals surface area contributed by atoms with Crippen LogP contribution >= 0.6 is 35.1 Å². The van der Waals surface area contributed by atoms with E-state index in [4.69, 9.17) is 10.6 Å². The first kappa shape index (κ1) is 27.0. The maximum absolute atomic E-state index is 12.9. The Hall–Kier alpha value is -2.62. The van der Waals surface area contributed by atoms with Gasteiger partial charge in [-0.1, -0.05) is 5.16 Å². The van der Waals surface area contributed by atoms with Gasteiger partial charge in [-0.25, -0.2) is 0 Å². The number of nitrogens with one attached hydrogen (secondary N) is 1. The maximum atomic E-state index is 12.9. The number of carbonyl (C=O) groups is 3. The summed E-state index contributed by atoms with van der Waals surface area (Å²) in [4.78, 5) is 47.7. The van der Waals surface area contributed by atoms with E-state index in [-0.39, 0.29) is 29.0 Å². The third kappa shape index (κ3) is 6.54. The van der Waals surface area contributed by atoms with Crippen LogP contribution in [0.4, 0.5) is 5.13 Å². The average molecular weight is 542 g/mol. The fourth-order valence-electron chi connectivity index (χ4n) is 3.14. The Balaban J connectivity index is 1.71. The van der Waals surface area contributed by atoms with Crippen LogP contribution in [-0.4, -0.2) is 99.5 Å². The van der Waals surface area contributed by atoms with Gasteiger partial charge in [0.25, 0.3) is 11.8 Å². The van der Waals surface area contributed by atoms with Crippen molar-refractivity contribution in [2.24, 2.45) is 5.16 Å². The van der Waals surface area contributed by atoms with Gasteiger partial charge in [-0.15, -0.1) is 23.5 Å². The molecule has 0 spiro atoms. The maximum Gasteiger partial charge on any atom is 0.278 e. The molecule has 3 rings (SSSR count). The van der Waals surface area contributed by atoms with Gasteiger partial charge in [-0.2, -0.15) is 9.36 Å². The second-order valence-corrected chi connectivity index (χ2v) is 11.4. The molecule has 0 aliphatic carbocycles. The molecule has 0 saturated carbocycles. The number of fused-ring (bicyclic) bond motifs is 1. The van der Waals surface area contributed by atoms with Crippen molar-refractivity contribution in [2.75, 3.05) is 51.5 Å². The molecule has 35 heavy (non-hydrogen) atoms. The van der Waals surface area contributed by atoms with Crippen molar-refractivity contribution in [1.82, 2.24) is 19.6 Å². The highest BCUT2D eigenvalue weighted by atomic mass is 32.2.